The highest BCUT2D eigenvalue weighted by atomic mass is 35.5. The summed E-state index contributed by atoms with van der Waals surface area (Å²) in [6.07, 6.45) is 0. The van der Waals surface area contributed by atoms with E-state index in [0.29, 0.717) is 38.9 Å². The first-order valence-corrected chi connectivity index (χ1v) is 10.8. The molecule has 0 aliphatic carbocycles. The Morgan fingerprint density at radius 3 is 2.33 bits per heavy atom. The van der Waals surface area contributed by atoms with Gasteiger partial charge in [-0.05, 0) is 49.4 Å². The van der Waals surface area contributed by atoms with Crippen LogP contribution < -0.4 is 10.6 Å². The van der Waals surface area contributed by atoms with Crippen molar-refractivity contribution in [3.05, 3.63) is 52.5 Å². The van der Waals surface area contributed by atoms with Crippen LogP contribution >= 0.6 is 35.0 Å². The van der Waals surface area contributed by atoms with Crippen molar-refractivity contribution in [2.45, 2.75) is 25.5 Å². The molecular formula is C20H19Cl2N5O2S. The van der Waals surface area contributed by atoms with E-state index in [1.54, 1.807) is 18.2 Å². The predicted octanol–water partition coefficient (Wildman–Crippen LogP) is 4.96. The lowest BCUT2D eigenvalue weighted by Crippen LogP contribution is -2.14. The van der Waals surface area contributed by atoms with Crippen LogP contribution in [0.5, 0.6) is 0 Å². The van der Waals surface area contributed by atoms with E-state index in [2.05, 4.69) is 20.8 Å². The Labute approximate surface area is 188 Å². The maximum absolute atomic E-state index is 12.3. The fraction of sp³-hybridized carbons (Fsp3) is 0.200. The minimum absolute atomic E-state index is 0.127. The van der Waals surface area contributed by atoms with Crippen LogP contribution in [-0.4, -0.2) is 32.3 Å². The molecule has 0 aliphatic rings. The maximum Gasteiger partial charge on any atom is 0.234 e. The Morgan fingerprint density at radius 2 is 1.70 bits per heavy atom. The summed E-state index contributed by atoms with van der Waals surface area (Å²) in [5.74, 6) is 0.543. The zero-order valence-electron chi connectivity index (χ0n) is 16.3. The first kappa shape index (κ1) is 22.1. The molecule has 3 rings (SSSR count). The number of aromatic nitrogens is 3. The van der Waals surface area contributed by atoms with Gasteiger partial charge in [-0.25, -0.2) is 0 Å². The fourth-order valence-corrected chi connectivity index (χ4v) is 3.80. The van der Waals surface area contributed by atoms with E-state index in [1.807, 2.05) is 35.8 Å². The molecule has 0 spiro atoms. The van der Waals surface area contributed by atoms with Crippen LogP contribution in [0.2, 0.25) is 10.0 Å². The first-order chi connectivity index (χ1) is 14.4. The van der Waals surface area contributed by atoms with Crippen molar-refractivity contribution in [1.29, 1.82) is 0 Å². The molecule has 156 valence electrons. The van der Waals surface area contributed by atoms with Crippen LogP contribution in [0.1, 0.15) is 13.8 Å². The van der Waals surface area contributed by atoms with Crippen LogP contribution in [0.15, 0.2) is 47.6 Å². The molecule has 1 aromatic heterocycles. The number of nitrogens with zero attached hydrogens (tertiary/aromatic N) is 3. The SMILES string of the molecule is CCn1c(SCC(=O)Nc2ccc(Cl)c(Cl)c2)nnc1-c1ccc(NC(C)=O)cc1. The minimum atomic E-state index is -0.190. The summed E-state index contributed by atoms with van der Waals surface area (Å²) in [5.41, 5.74) is 2.15. The van der Waals surface area contributed by atoms with E-state index in [1.165, 1.54) is 18.7 Å². The third-order valence-electron chi connectivity index (χ3n) is 4.03. The van der Waals surface area contributed by atoms with Crippen molar-refractivity contribution in [2.75, 3.05) is 16.4 Å². The van der Waals surface area contributed by atoms with Gasteiger partial charge in [0.05, 0.1) is 15.8 Å². The molecule has 3 aromatic rings. The highest BCUT2D eigenvalue weighted by Gasteiger charge is 2.15. The molecule has 30 heavy (non-hydrogen) atoms. The molecule has 10 heteroatoms. The van der Waals surface area contributed by atoms with Crippen LogP contribution in [0, 0.1) is 0 Å². The van der Waals surface area contributed by atoms with Gasteiger partial charge in [0.15, 0.2) is 11.0 Å². The summed E-state index contributed by atoms with van der Waals surface area (Å²) < 4.78 is 1.94. The number of benzene rings is 2. The summed E-state index contributed by atoms with van der Waals surface area (Å²) in [7, 11) is 0. The number of carbonyl (C=O) groups excluding carboxylic acids is 2. The standard InChI is InChI=1S/C20H19Cl2N5O2S/c1-3-27-19(13-4-6-14(7-5-13)23-12(2)28)25-26-20(27)30-11-18(29)24-15-8-9-16(21)17(22)10-15/h4-10H,3,11H2,1-2H3,(H,23,28)(H,24,29). The molecule has 1 heterocycles. The number of halogens is 2. The molecule has 2 amide bonds. The molecule has 0 bridgehead atoms. The third kappa shape index (κ3) is 5.53. The van der Waals surface area contributed by atoms with Crippen molar-refractivity contribution in [2.24, 2.45) is 0 Å². The largest absolute Gasteiger partial charge is 0.326 e. The smallest absolute Gasteiger partial charge is 0.234 e. The van der Waals surface area contributed by atoms with Crippen LogP contribution in [0.3, 0.4) is 0 Å². The van der Waals surface area contributed by atoms with Gasteiger partial charge in [-0.15, -0.1) is 10.2 Å². The Kier molecular flexibility index (Phi) is 7.36. The van der Waals surface area contributed by atoms with Gasteiger partial charge in [-0.2, -0.15) is 0 Å². The van der Waals surface area contributed by atoms with Gasteiger partial charge in [-0.3, -0.25) is 9.59 Å². The normalized spacial score (nSPS) is 10.7. The average Bonchev–Trinajstić information content (AvgIpc) is 3.12. The topological polar surface area (TPSA) is 88.9 Å². The number of hydrogen-bond donors (Lipinski definition) is 2. The van der Waals surface area contributed by atoms with Crippen molar-refractivity contribution >= 4 is 58.2 Å². The molecule has 0 fully saturated rings. The van der Waals surface area contributed by atoms with Gasteiger partial charge in [0.25, 0.3) is 0 Å². The summed E-state index contributed by atoms with van der Waals surface area (Å²) in [5, 5.41) is 15.5. The average molecular weight is 464 g/mol. The molecule has 0 saturated carbocycles. The second-order valence-corrected chi connectivity index (χ2v) is 8.03. The van der Waals surface area contributed by atoms with Gasteiger partial charge < -0.3 is 15.2 Å². The Morgan fingerprint density at radius 1 is 1.00 bits per heavy atom. The van der Waals surface area contributed by atoms with E-state index in [9.17, 15) is 9.59 Å². The number of anilines is 2. The van der Waals surface area contributed by atoms with Gasteiger partial charge in [0.1, 0.15) is 0 Å². The number of nitrogens with one attached hydrogen (secondary N) is 2. The van der Waals surface area contributed by atoms with E-state index in [-0.39, 0.29) is 17.6 Å². The molecule has 0 saturated heterocycles. The summed E-state index contributed by atoms with van der Waals surface area (Å²) in [6.45, 7) is 4.09. The second kappa shape index (κ2) is 9.97. The lowest BCUT2D eigenvalue weighted by molar-refractivity contribution is -0.114. The Bertz CT molecular complexity index is 1070. The molecule has 2 aromatic carbocycles. The zero-order valence-corrected chi connectivity index (χ0v) is 18.6. The number of hydrogen-bond acceptors (Lipinski definition) is 5. The molecular weight excluding hydrogens is 445 g/mol. The molecule has 2 N–H and O–H groups in total. The third-order valence-corrected chi connectivity index (χ3v) is 5.74. The summed E-state index contributed by atoms with van der Waals surface area (Å²) in [4.78, 5) is 23.4. The van der Waals surface area contributed by atoms with Crippen molar-refractivity contribution < 1.29 is 9.59 Å². The van der Waals surface area contributed by atoms with E-state index in [0.717, 1.165) is 5.56 Å². The number of thioether (sulfide) groups is 1. The fourth-order valence-electron chi connectivity index (χ4n) is 2.70. The molecule has 0 atom stereocenters. The molecule has 7 nitrogen and oxygen atoms in total. The van der Waals surface area contributed by atoms with Crippen molar-refractivity contribution in [3.8, 4) is 11.4 Å². The van der Waals surface area contributed by atoms with Gasteiger partial charge in [-0.1, -0.05) is 35.0 Å². The van der Waals surface area contributed by atoms with Crippen molar-refractivity contribution in [1.82, 2.24) is 14.8 Å². The monoisotopic (exact) mass is 463 g/mol. The number of rotatable bonds is 7. The first-order valence-electron chi connectivity index (χ1n) is 9.06. The molecule has 0 aliphatic heterocycles. The lowest BCUT2D eigenvalue weighted by atomic mass is 10.2. The quantitative estimate of drug-likeness (QED) is 0.483. The van der Waals surface area contributed by atoms with E-state index < -0.39 is 0 Å². The van der Waals surface area contributed by atoms with Gasteiger partial charge in [0, 0.05) is 30.4 Å². The Hall–Kier alpha value is -2.55. The second-order valence-electron chi connectivity index (χ2n) is 6.27. The van der Waals surface area contributed by atoms with E-state index in [4.69, 9.17) is 23.2 Å². The van der Waals surface area contributed by atoms with Crippen LogP contribution in [0.4, 0.5) is 11.4 Å². The van der Waals surface area contributed by atoms with Crippen molar-refractivity contribution in [3.63, 3.8) is 0 Å². The predicted molar refractivity (Wildman–Crippen MR) is 121 cm³/mol. The molecule has 0 radical (unpaired) electrons. The van der Waals surface area contributed by atoms with Gasteiger partial charge >= 0.3 is 0 Å². The van der Waals surface area contributed by atoms with E-state index >= 15 is 0 Å². The maximum atomic E-state index is 12.3. The number of amides is 2. The zero-order chi connectivity index (χ0) is 21.7. The van der Waals surface area contributed by atoms with Crippen LogP contribution in [-0.2, 0) is 16.1 Å². The highest BCUT2D eigenvalue weighted by Crippen LogP contribution is 2.27. The van der Waals surface area contributed by atoms with Gasteiger partial charge in [0.2, 0.25) is 11.8 Å². The van der Waals surface area contributed by atoms with Crippen LogP contribution in [0.25, 0.3) is 11.4 Å². The summed E-state index contributed by atoms with van der Waals surface area (Å²) in [6, 6.07) is 12.3. The highest BCUT2D eigenvalue weighted by molar-refractivity contribution is 7.99. The molecule has 0 unspecified atom stereocenters. The summed E-state index contributed by atoms with van der Waals surface area (Å²) >= 11 is 13.2. The Balaban J connectivity index is 1.67. The number of carbonyl (C=O) groups is 2. The lowest BCUT2D eigenvalue weighted by Gasteiger charge is -2.09. The minimum Gasteiger partial charge on any atom is -0.326 e.